The Balaban J connectivity index is 2.33. The maximum atomic E-state index is 5.82. The standard InChI is InChI=1S/C6H12ClN2O/c1-10-6-2-5(8)4(7)3-9-6/h4-6H,2-3,8H2,1H3. The number of nitrogens with two attached hydrogens (primary N) is 1. The zero-order valence-corrected chi connectivity index (χ0v) is 6.71. The molecule has 0 amide bonds. The second-order valence-corrected chi connectivity index (χ2v) is 3.03. The SMILES string of the molecule is COC1CC(N)C(Cl)C[N]1. The first kappa shape index (κ1) is 8.27. The third-order valence-electron chi connectivity index (χ3n) is 1.69. The first-order valence-electron chi connectivity index (χ1n) is 3.33. The minimum atomic E-state index is -0.0370. The number of hydrogen-bond acceptors (Lipinski definition) is 2. The monoisotopic (exact) mass is 163 g/mol. The Hall–Kier alpha value is 0.170. The number of piperidine rings is 1. The fourth-order valence-corrected chi connectivity index (χ4v) is 1.16. The van der Waals surface area contributed by atoms with E-state index in [0.29, 0.717) is 6.54 Å². The molecule has 3 unspecified atom stereocenters. The average Bonchev–Trinajstić information content (AvgIpc) is 1.95. The molecule has 59 valence electrons. The molecule has 3 atom stereocenters. The molecule has 1 fully saturated rings. The molecule has 0 aromatic rings. The first-order valence-corrected chi connectivity index (χ1v) is 3.76. The van der Waals surface area contributed by atoms with Gasteiger partial charge in [-0.15, -0.1) is 11.6 Å². The van der Waals surface area contributed by atoms with Gasteiger partial charge in [-0.2, -0.15) is 0 Å². The Bertz CT molecular complexity index is 112. The van der Waals surface area contributed by atoms with Crippen LogP contribution >= 0.6 is 11.6 Å². The van der Waals surface area contributed by atoms with E-state index in [1.807, 2.05) is 0 Å². The minimum absolute atomic E-state index is 0.00796. The lowest BCUT2D eigenvalue weighted by Crippen LogP contribution is -2.48. The number of rotatable bonds is 1. The molecule has 3 nitrogen and oxygen atoms in total. The lowest BCUT2D eigenvalue weighted by molar-refractivity contribution is 0.0439. The summed E-state index contributed by atoms with van der Waals surface area (Å²) in [5.41, 5.74) is 5.67. The van der Waals surface area contributed by atoms with Crippen LogP contribution in [0.1, 0.15) is 6.42 Å². The van der Waals surface area contributed by atoms with Crippen molar-refractivity contribution in [2.75, 3.05) is 13.7 Å². The van der Waals surface area contributed by atoms with E-state index in [2.05, 4.69) is 5.32 Å². The summed E-state index contributed by atoms with van der Waals surface area (Å²) >= 11 is 5.82. The van der Waals surface area contributed by atoms with E-state index in [-0.39, 0.29) is 17.6 Å². The van der Waals surface area contributed by atoms with E-state index in [0.717, 1.165) is 6.42 Å². The minimum Gasteiger partial charge on any atom is -0.365 e. The molecule has 0 aliphatic carbocycles. The molecule has 0 aromatic heterocycles. The predicted octanol–water partition coefficient (Wildman–Crippen LogP) is -0.0983. The Kier molecular flexibility index (Phi) is 2.92. The third kappa shape index (κ3) is 1.83. The van der Waals surface area contributed by atoms with Crippen LogP contribution in [0.5, 0.6) is 0 Å². The molecule has 2 N–H and O–H groups in total. The van der Waals surface area contributed by atoms with Crippen molar-refractivity contribution in [2.45, 2.75) is 24.1 Å². The van der Waals surface area contributed by atoms with Gasteiger partial charge in [0, 0.05) is 26.1 Å². The molecule has 0 saturated carbocycles. The quantitative estimate of drug-likeness (QED) is 0.549. The summed E-state index contributed by atoms with van der Waals surface area (Å²) < 4.78 is 5.00. The zero-order valence-electron chi connectivity index (χ0n) is 5.96. The third-order valence-corrected chi connectivity index (χ3v) is 2.16. The molecular formula is C6H12ClN2O. The van der Waals surface area contributed by atoms with Gasteiger partial charge in [-0.25, -0.2) is 5.32 Å². The van der Waals surface area contributed by atoms with Crippen LogP contribution in [0.2, 0.25) is 0 Å². The molecule has 1 aliphatic heterocycles. The molecular weight excluding hydrogens is 152 g/mol. The maximum absolute atomic E-state index is 5.82. The van der Waals surface area contributed by atoms with Gasteiger partial charge in [0.1, 0.15) is 6.23 Å². The molecule has 0 bridgehead atoms. The Morgan fingerprint density at radius 2 is 2.40 bits per heavy atom. The summed E-state index contributed by atoms with van der Waals surface area (Å²) in [6, 6.07) is 0.0316. The number of alkyl halides is 1. The number of nitrogens with zero attached hydrogens (tertiary/aromatic N) is 1. The van der Waals surface area contributed by atoms with Gasteiger partial charge in [0.25, 0.3) is 0 Å². The first-order chi connectivity index (χ1) is 4.74. The Morgan fingerprint density at radius 3 is 2.90 bits per heavy atom. The predicted molar refractivity (Wildman–Crippen MR) is 40.0 cm³/mol. The van der Waals surface area contributed by atoms with Crippen molar-refractivity contribution < 1.29 is 4.74 Å². The average molecular weight is 164 g/mol. The van der Waals surface area contributed by atoms with Crippen molar-refractivity contribution in [1.29, 1.82) is 0 Å². The second-order valence-electron chi connectivity index (χ2n) is 2.47. The molecule has 1 aliphatic rings. The number of methoxy groups -OCH3 is 1. The number of ether oxygens (including phenoxy) is 1. The number of halogens is 1. The van der Waals surface area contributed by atoms with E-state index in [1.165, 1.54) is 0 Å². The summed E-state index contributed by atoms with van der Waals surface area (Å²) in [5, 5.41) is 4.14. The van der Waals surface area contributed by atoms with Crippen molar-refractivity contribution in [3.63, 3.8) is 0 Å². The highest BCUT2D eigenvalue weighted by Gasteiger charge is 2.26. The van der Waals surface area contributed by atoms with Gasteiger partial charge in [-0.05, 0) is 0 Å². The molecule has 4 heteroatoms. The Morgan fingerprint density at radius 1 is 1.70 bits per heavy atom. The van der Waals surface area contributed by atoms with Crippen molar-refractivity contribution in [3.8, 4) is 0 Å². The van der Waals surface area contributed by atoms with Crippen molar-refractivity contribution in [3.05, 3.63) is 0 Å². The van der Waals surface area contributed by atoms with Gasteiger partial charge >= 0.3 is 0 Å². The molecule has 0 spiro atoms. The van der Waals surface area contributed by atoms with Gasteiger partial charge < -0.3 is 10.5 Å². The molecule has 1 rings (SSSR count). The fourth-order valence-electron chi connectivity index (χ4n) is 0.979. The van der Waals surface area contributed by atoms with Gasteiger partial charge in [0.15, 0.2) is 0 Å². The van der Waals surface area contributed by atoms with Crippen LogP contribution in [0.3, 0.4) is 0 Å². The molecule has 0 aromatic carbocycles. The highest BCUT2D eigenvalue weighted by Crippen LogP contribution is 2.13. The van der Waals surface area contributed by atoms with Gasteiger partial charge in [0.05, 0.1) is 5.38 Å². The van der Waals surface area contributed by atoms with E-state index in [4.69, 9.17) is 22.1 Å². The topological polar surface area (TPSA) is 49.4 Å². The van der Waals surface area contributed by atoms with Crippen LogP contribution in [-0.4, -0.2) is 31.3 Å². The molecule has 1 radical (unpaired) electrons. The smallest absolute Gasteiger partial charge is 0.124 e. The molecule has 1 heterocycles. The van der Waals surface area contributed by atoms with Crippen LogP contribution < -0.4 is 11.1 Å². The number of hydrogen-bond donors (Lipinski definition) is 1. The summed E-state index contributed by atoms with van der Waals surface area (Å²) in [7, 11) is 1.63. The van der Waals surface area contributed by atoms with Crippen LogP contribution in [0.4, 0.5) is 0 Å². The van der Waals surface area contributed by atoms with Gasteiger partial charge in [-0.3, -0.25) is 0 Å². The van der Waals surface area contributed by atoms with E-state index in [9.17, 15) is 0 Å². The van der Waals surface area contributed by atoms with Crippen LogP contribution in [0.25, 0.3) is 0 Å². The summed E-state index contributed by atoms with van der Waals surface area (Å²) in [5.74, 6) is 0. The van der Waals surface area contributed by atoms with Crippen molar-refractivity contribution >= 4 is 11.6 Å². The van der Waals surface area contributed by atoms with Crippen molar-refractivity contribution in [2.24, 2.45) is 5.73 Å². The van der Waals surface area contributed by atoms with Gasteiger partial charge in [-0.1, -0.05) is 0 Å². The molecule has 10 heavy (non-hydrogen) atoms. The molecule has 1 saturated heterocycles. The summed E-state index contributed by atoms with van der Waals surface area (Å²) in [6.45, 7) is 0.612. The lowest BCUT2D eigenvalue weighted by atomic mass is 10.1. The second kappa shape index (κ2) is 3.53. The van der Waals surface area contributed by atoms with E-state index in [1.54, 1.807) is 7.11 Å². The van der Waals surface area contributed by atoms with E-state index >= 15 is 0 Å². The van der Waals surface area contributed by atoms with Crippen LogP contribution in [-0.2, 0) is 4.74 Å². The van der Waals surface area contributed by atoms with Gasteiger partial charge in [0.2, 0.25) is 0 Å². The normalized spacial score (nSPS) is 41.7. The fraction of sp³-hybridized carbons (Fsp3) is 1.00. The Labute approximate surface area is 65.9 Å². The van der Waals surface area contributed by atoms with E-state index < -0.39 is 0 Å². The highest BCUT2D eigenvalue weighted by molar-refractivity contribution is 6.21. The summed E-state index contributed by atoms with van der Waals surface area (Å²) in [4.78, 5) is 0. The highest BCUT2D eigenvalue weighted by atomic mass is 35.5. The van der Waals surface area contributed by atoms with Crippen molar-refractivity contribution in [1.82, 2.24) is 5.32 Å². The summed E-state index contributed by atoms with van der Waals surface area (Å²) in [6.07, 6.45) is 0.704. The zero-order chi connectivity index (χ0) is 7.56. The maximum Gasteiger partial charge on any atom is 0.124 e. The lowest BCUT2D eigenvalue weighted by Gasteiger charge is -2.28. The van der Waals surface area contributed by atoms with Crippen LogP contribution in [0, 0.1) is 0 Å². The largest absolute Gasteiger partial charge is 0.365 e. The van der Waals surface area contributed by atoms with Crippen LogP contribution in [0.15, 0.2) is 0 Å².